The molecule has 0 spiro atoms. The lowest BCUT2D eigenvalue weighted by atomic mass is 10.1. The molecule has 0 radical (unpaired) electrons. The Bertz CT molecular complexity index is 1290. The second-order valence-electron chi connectivity index (χ2n) is 21.1. The van der Waals surface area contributed by atoms with Crippen LogP contribution < -0.4 is 0 Å². The quantitative estimate of drug-likeness (QED) is 0.0896. The van der Waals surface area contributed by atoms with Crippen LogP contribution in [-0.2, 0) is 19.1 Å². The lowest BCUT2D eigenvalue weighted by molar-refractivity contribution is -0.287. The van der Waals surface area contributed by atoms with E-state index >= 15 is 0 Å². The van der Waals surface area contributed by atoms with Crippen molar-refractivity contribution in [1.29, 1.82) is 5.26 Å². The summed E-state index contributed by atoms with van der Waals surface area (Å²) in [5.74, 6) is -4.66. The molecule has 0 unspecified atom stereocenters. The molecule has 0 atom stereocenters. The predicted molar refractivity (Wildman–Crippen MR) is 274 cm³/mol. The van der Waals surface area contributed by atoms with Gasteiger partial charge in [-0.15, -0.1) is 6.58 Å². The number of ether oxygens (including phenoxy) is 1. The van der Waals surface area contributed by atoms with Crippen LogP contribution in [0.3, 0.4) is 0 Å². The van der Waals surface area contributed by atoms with Crippen molar-refractivity contribution in [3.05, 3.63) is 12.7 Å². The van der Waals surface area contributed by atoms with Crippen molar-refractivity contribution in [2.75, 3.05) is 13.7 Å². The molecule has 5 nitrogen and oxygen atoms in total. The number of Topliss-reactive ketones (excluding diaryl/α,β-unsaturated/α-hetero) is 3. The van der Waals surface area contributed by atoms with E-state index in [1.807, 2.05) is 82.2 Å². The van der Waals surface area contributed by atoms with Gasteiger partial charge < -0.3 is 4.74 Å². The van der Waals surface area contributed by atoms with Gasteiger partial charge in [-0.1, -0.05) is 144 Å². The zero-order chi connectivity index (χ0) is 59.4. The number of carbonyl (C=O) groups excluding carboxylic acids is 3. The lowest BCUT2D eigenvalue weighted by Gasteiger charge is -2.20. The van der Waals surface area contributed by atoms with Gasteiger partial charge in [0.1, 0.15) is 17.3 Å². The molecule has 0 N–H and O–H groups in total. The second-order valence-corrected chi connectivity index (χ2v) is 21.1. The monoisotopic (exact) mass is 1070 g/mol. The van der Waals surface area contributed by atoms with Crippen LogP contribution in [-0.4, -0.2) is 61.7 Å². The van der Waals surface area contributed by atoms with Crippen molar-refractivity contribution in [3.63, 3.8) is 0 Å². The molecular weight excluding hydrogens is 967 g/mol. The van der Waals surface area contributed by atoms with Gasteiger partial charge in [0.2, 0.25) is 0 Å². The number of hydrogen-bond acceptors (Lipinski definition) is 5. The van der Waals surface area contributed by atoms with Crippen molar-refractivity contribution >= 4 is 17.3 Å². The summed E-state index contributed by atoms with van der Waals surface area (Å²) < 4.78 is 145. The maximum atomic E-state index is 12.1. The van der Waals surface area contributed by atoms with E-state index in [1.165, 1.54) is 40.5 Å². The summed E-state index contributed by atoms with van der Waals surface area (Å²) in [4.78, 5) is 31.6. The van der Waals surface area contributed by atoms with E-state index in [-0.39, 0.29) is 30.0 Å². The molecule has 0 aromatic heterocycles. The summed E-state index contributed by atoms with van der Waals surface area (Å²) in [7, 11) is 1.74. The average molecular weight is 1070 g/mol. The van der Waals surface area contributed by atoms with Crippen LogP contribution in [0.15, 0.2) is 12.7 Å². The van der Waals surface area contributed by atoms with E-state index in [9.17, 15) is 67.1 Å². The van der Waals surface area contributed by atoms with E-state index in [0.717, 1.165) is 37.7 Å². The lowest BCUT2D eigenvalue weighted by Crippen LogP contribution is -2.37. The highest BCUT2D eigenvalue weighted by molar-refractivity contribution is 5.84. The van der Waals surface area contributed by atoms with Crippen LogP contribution in [0.4, 0.5) is 52.7 Å². The number of ketones is 3. The maximum absolute atomic E-state index is 12.1. The Balaban J connectivity index is -0.000000107. The Morgan fingerprint density at radius 2 is 1.04 bits per heavy atom. The molecular formula is C55H103F12NO4. The van der Waals surface area contributed by atoms with E-state index in [0.29, 0.717) is 48.6 Å². The molecule has 1 aliphatic carbocycles. The van der Waals surface area contributed by atoms with Crippen LogP contribution in [0.1, 0.15) is 216 Å². The Kier molecular flexibility index (Phi) is 58.9. The topological polar surface area (TPSA) is 84.2 Å². The van der Waals surface area contributed by atoms with Gasteiger partial charge in [0.15, 0.2) is 0 Å². The number of allylic oxidation sites excluding steroid dienone is 1. The molecule has 0 amide bonds. The van der Waals surface area contributed by atoms with E-state index in [2.05, 4.69) is 40.3 Å². The standard InChI is InChI=1S/C7H13F3.C7H12O.C7H14.C6H9F5.C6H10F4.C6H14O.C6H12O.C5H9N.C5H10O/c1-6(2)4-3-5-7(8,9)10;1-5(2)7(8)6-3-4-6;1-4-5-6-7(2)3;1-4(2)3-5(7,8)6(9,10)11;1-4(2)3-6(9,10)5(7)8;1-6(2)4-5-7-3;1-4-6(7)5(2)3;1-5(2)3-4-6;1-4(2)5(3)6/h6H,3-5H2,1-2H3;5-6H,3-4H2,1-2H3;4,7H,1,5-6H2,2-3H3;4H,3H2,1-2H3;4-5H,3H2,1-2H3;6H,4-5H2,1-3H3;5H,4H2,1-3H3;5H,3H2,1-2H3;4H,1-3H3. The first-order chi connectivity index (χ1) is 32.3. The molecule has 0 heterocycles. The highest BCUT2D eigenvalue weighted by atomic mass is 19.4. The van der Waals surface area contributed by atoms with Gasteiger partial charge in [-0.25, -0.2) is 17.6 Å². The fraction of sp³-hybridized carbons (Fsp3) is 0.891. The van der Waals surface area contributed by atoms with Crippen molar-refractivity contribution < 1.29 is 71.8 Å². The number of nitrogens with zero attached hydrogens (tertiary/aromatic N) is 1. The van der Waals surface area contributed by atoms with Crippen molar-refractivity contribution in [2.24, 2.45) is 59.2 Å². The number of alkyl halides is 12. The number of halogens is 12. The highest BCUT2D eigenvalue weighted by Gasteiger charge is 2.57. The number of carbonyl (C=O) groups is 3. The van der Waals surface area contributed by atoms with Crippen LogP contribution in [0.5, 0.6) is 0 Å². The van der Waals surface area contributed by atoms with E-state index in [4.69, 9.17) is 10.00 Å². The third-order valence-electron chi connectivity index (χ3n) is 9.02. The Morgan fingerprint density at radius 3 is 1.15 bits per heavy atom. The third-order valence-corrected chi connectivity index (χ3v) is 9.02. The number of nitriles is 1. The second kappa shape index (κ2) is 49.2. The molecule has 72 heavy (non-hydrogen) atoms. The Hall–Kier alpha value is -2.64. The summed E-state index contributed by atoms with van der Waals surface area (Å²) in [5, 5.41) is 7.99. The number of rotatable bonds is 20. The normalized spacial score (nSPS) is 12.2. The molecule has 1 rings (SSSR count). The number of methoxy groups -OCH3 is 1. The van der Waals surface area contributed by atoms with Gasteiger partial charge in [0.25, 0.3) is 0 Å². The fourth-order valence-electron chi connectivity index (χ4n) is 4.21. The van der Waals surface area contributed by atoms with Crippen molar-refractivity contribution in [2.45, 2.75) is 246 Å². The zero-order valence-electron chi connectivity index (χ0n) is 48.4. The van der Waals surface area contributed by atoms with Gasteiger partial charge in [-0.05, 0) is 81.0 Å². The summed E-state index contributed by atoms with van der Waals surface area (Å²) >= 11 is 0. The average Bonchev–Trinajstić information content (AvgIpc) is 4.04. The minimum atomic E-state index is -5.41. The first-order valence-corrected chi connectivity index (χ1v) is 25.5. The Morgan fingerprint density at radius 1 is 0.639 bits per heavy atom. The van der Waals surface area contributed by atoms with Gasteiger partial charge in [-0.2, -0.15) is 40.4 Å². The molecule has 17 heteroatoms. The minimum Gasteiger partial charge on any atom is -0.385 e. The van der Waals surface area contributed by atoms with E-state index < -0.39 is 61.7 Å². The molecule has 0 aromatic carbocycles. The predicted octanol–water partition coefficient (Wildman–Crippen LogP) is 19.9. The summed E-state index contributed by atoms with van der Waals surface area (Å²) in [6.45, 7) is 42.0. The van der Waals surface area contributed by atoms with E-state index in [1.54, 1.807) is 14.0 Å². The third kappa shape index (κ3) is 78.8. The first kappa shape index (κ1) is 86.1. The molecule has 436 valence electrons. The largest absolute Gasteiger partial charge is 0.453 e. The Labute approximate surface area is 431 Å². The maximum Gasteiger partial charge on any atom is 0.453 e. The molecule has 0 aliphatic heterocycles. The van der Waals surface area contributed by atoms with Crippen LogP contribution in [0.2, 0.25) is 0 Å². The van der Waals surface area contributed by atoms with Crippen LogP contribution in [0.25, 0.3) is 0 Å². The molecule has 0 aromatic rings. The van der Waals surface area contributed by atoms with Crippen LogP contribution in [0, 0.1) is 70.5 Å². The first-order valence-electron chi connectivity index (χ1n) is 25.5. The minimum absolute atomic E-state index is 0.213. The molecule has 1 saturated carbocycles. The molecule has 0 saturated heterocycles. The van der Waals surface area contributed by atoms with Crippen molar-refractivity contribution in [1.82, 2.24) is 0 Å². The van der Waals surface area contributed by atoms with Crippen LogP contribution >= 0.6 is 0 Å². The van der Waals surface area contributed by atoms with Gasteiger partial charge in [0, 0.05) is 69.5 Å². The summed E-state index contributed by atoms with van der Waals surface area (Å²) in [6, 6.07) is 2.07. The zero-order valence-corrected chi connectivity index (χ0v) is 48.4. The molecule has 1 fully saturated rings. The summed E-state index contributed by atoms with van der Waals surface area (Å²) in [6.07, 6.45) is -5.24. The van der Waals surface area contributed by atoms with Crippen molar-refractivity contribution in [3.8, 4) is 6.07 Å². The van der Waals surface area contributed by atoms with Gasteiger partial charge in [-0.3, -0.25) is 14.4 Å². The molecule has 0 bridgehead atoms. The van der Waals surface area contributed by atoms with Gasteiger partial charge in [0.05, 0.1) is 6.07 Å². The fourth-order valence-corrected chi connectivity index (χ4v) is 4.21. The SMILES string of the molecule is C=CCCC(C)C.CC(=O)C(C)C.CC(C)C(=O)C1CC1.CC(C)CC#N.CC(C)CC(F)(F)C(F)(F)F.CC(C)CC(F)(F)C(F)F.CC(C)CCCC(F)(F)F.CCC(=O)C(C)C.COCCC(C)C. The highest BCUT2D eigenvalue weighted by Crippen LogP contribution is 2.40. The number of hydrogen-bond donors (Lipinski definition) is 0. The smallest absolute Gasteiger partial charge is 0.385 e. The molecule has 1 aliphatic rings. The summed E-state index contributed by atoms with van der Waals surface area (Å²) in [5.41, 5.74) is 0. The van der Waals surface area contributed by atoms with Gasteiger partial charge >= 0.3 is 30.6 Å².